The zero-order valence-electron chi connectivity index (χ0n) is 12.3. The van der Waals surface area contributed by atoms with Gasteiger partial charge >= 0.3 is 0 Å². The molecule has 0 aromatic carbocycles. The number of aromatic nitrogens is 4. The first-order valence-electron chi connectivity index (χ1n) is 6.99. The molecule has 0 spiro atoms. The summed E-state index contributed by atoms with van der Waals surface area (Å²) in [6.45, 7) is 0. The van der Waals surface area contributed by atoms with Gasteiger partial charge in [0.2, 0.25) is 0 Å². The number of hydrogen-bond donors (Lipinski definition) is 0. The van der Waals surface area contributed by atoms with Crippen LogP contribution in [0.25, 0.3) is 0 Å². The van der Waals surface area contributed by atoms with Gasteiger partial charge in [-0.05, 0) is 28.2 Å². The molecule has 0 saturated heterocycles. The van der Waals surface area contributed by atoms with Crippen LogP contribution in [0.3, 0.4) is 0 Å². The SMILES string of the molecule is c1nc(P(CCP(c2cscn2)c2cscn2)c2cscn2)cs1. The molecule has 0 atom stereocenters. The van der Waals surface area contributed by atoms with Gasteiger partial charge in [-0.15, -0.1) is 45.3 Å². The molecule has 122 valence electrons. The Morgan fingerprint density at radius 3 is 1.04 bits per heavy atom. The zero-order valence-corrected chi connectivity index (χ0v) is 17.4. The smallest absolute Gasteiger partial charge is 0.0801 e. The van der Waals surface area contributed by atoms with E-state index in [1.54, 1.807) is 45.3 Å². The van der Waals surface area contributed by atoms with Gasteiger partial charge in [-0.2, -0.15) is 0 Å². The molecule has 10 heteroatoms. The molecule has 4 rings (SSSR count). The van der Waals surface area contributed by atoms with Crippen molar-refractivity contribution >= 4 is 82.9 Å². The van der Waals surface area contributed by atoms with Gasteiger partial charge in [0.15, 0.2) is 0 Å². The zero-order chi connectivity index (χ0) is 16.2. The molecule has 0 aliphatic heterocycles. The van der Waals surface area contributed by atoms with Gasteiger partial charge in [-0.1, -0.05) is 0 Å². The molecule has 4 aromatic heterocycles. The van der Waals surface area contributed by atoms with E-state index in [1.807, 2.05) is 22.0 Å². The van der Waals surface area contributed by atoms with Gasteiger partial charge in [0.05, 0.1) is 43.8 Å². The van der Waals surface area contributed by atoms with Crippen molar-refractivity contribution in [1.82, 2.24) is 19.9 Å². The minimum Gasteiger partial charge on any atom is -0.245 e. The maximum Gasteiger partial charge on any atom is 0.0801 e. The Balaban J connectivity index is 1.58. The molecule has 0 N–H and O–H groups in total. The van der Waals surface area contributed by atoms with E-state index in [0.717, 1.165) is 12.3 Å². The Morgan fingerprint density at radius 1 is 0.542 bits per heavy atom. The third kappa shape index (κ3) is 3.79. The third-order valence-electron chi connectivity index (χ3n) is 3.33. The monoisotopic (exact) mass is 426 g/mol. The highest BCUT2D eigenvalue weighted by Gasteiger charge is 2.23. The Labute approximate surface area is 158 Å². The van der Waals surface area contributed by atoms with Crippen molar-refractivity contribution in [3.05, 3.63) is 43.6 Å². The van der Waals surface area contributed by atoms with Gasteiger partial charge < -0.3 is 0 Å². The quantitative estimate of drug-likeness (QED) is 0.426. The highest BCUT2D eigenvalue weighted by Crippen LogP contribution is 2.40. The fraction of sp³-hybridized carbons (Fsp3) is 0.143. The molecule has 0 saturated carbocycles. The summed E-state index contributed by atoms with van der Waals surface area (Å²) in [5.74, 6) is 0. The molecule has 0 aliphatic carbocycles. The number of nitrogens with zero attached hydrogens (tertiary/aromatic N) is 4. The normalized spacial score (nSPS) is 11.6. The molecule has 4 heterocycles. The van der Waals surface area contributed by atoms with Gasteiger partial charge in [0.1, 0.15) is 0 Å². The van der Waals surface area contributed by atoms with Crippen LogP contribution in [0, 0.1) is 0 Å². The lowest BCUT2D eigenvalue weighted by molar-refractivity contribution is 1.41. The second kappa shape index (κ2) is 8.17. The van der Waals surface area contributed by atoms with E-state index in [-0.39, 0.29) is 0 Å². The van der Waals surface area contributed by atoms with Gasteiger partial charge in [-0.25, -0.2) is 19.9 Å². The maximum atomic E-state index is 4.57. The van der Waals surface area contributed by atoms with E-state index < -0.39 is 15.8 Å². The molecule has 0 bridgehead atoms. The van der Waals surface area contributed by atoms with Gasteiger partial charge in [0, 0.05) is 21.5 Å². The molecular weight excluding hydrogens is 414 g/mol. The number of thiazole rings is 4. The van der Waals surface area contributed by atoms with Crippen LogP contribution in [0.5, 0.6) is 0 Å². The average Bonchev–Trinajstić information content (AvgIpc) is 3.42. The van der Waals surface area contributed by atoms with Crippen molar-refractivity contribution in [2.45, 2.75) is 0 Å². The van der Waals surface area contributed by atoms with Crippen LogP contribution in [-0.4, -0.2) is 32.3 Å². The summed E-state index contributed by atoms with van der Waals surface area (Å²) >= 11 is 6.64. The van der Waals surface area contributed by atoms with Crippen LogP contribution in [0.15, 0.2) is 43.6 Å². The minimum atomic E-state index is -0.495. The predicted octanol–water partition coefficient (Wildman–Crippen LogP) is 3.08. The summed E-state index contributed by atoms with van der Waals surface area (Å²) in [6, 6.07) is 0. The lowest BCUT2D eigenvalue weighted by atomic mass is 10.9. The summed E-state index contributed by atoms with van der Waals surface area (Å²) in [5, 5.41) is 8.66. The van der Waals surface area contributed by atoms with Crippen molar-refractivity contribution in [3.8, 4) is 0 Å². The van der Waals surface area contributed by atoms with E-state index in [0.29, 0.717) is 0 Å². The topological polar surface area (TPSA) is 51.6 Å². The first-order chi connectivity index (χ1) is 11.9. The molecule has 4 nitrogen and oxygen atoms in total. The van der Waals surface area contributed by atoms with Crippen molar-refractivity contribution in [2.75, 3.05) is 12.3 Å². The minimum absolute atomic E-state index is 0.495. The fourth-order valence-corrected chi connectivity index (χ4v) is 10.8. The van der Waals surface area contributed by atoms with Crippen LogP contribution >= 0.6 is 61.2 Å². The number of hydrogen-bond acceptors (Lipinski definition) is 8. The van der Waals surface area contributed by atoms with Crippen LogP contribution in [0.2, 0.25) is 0 Å². The van der Waals surface area contributed by atoms with E-state index in [2.05, 4.69) is 41.5 Å². The maximum absolute atomic E-state index is 4.57. The predicted molar refractivity (Wildman–Crippen MR) is 111 cm³/mol. The first-order valence-corrected chi connectivity index (χ1v) is 13.8. The molecule has 0 radical (unpaired) electrons. The largest absolute Gasteiger partial charge is 0.245 e. The van der Waals surface area contributed by atoms with Crippen LogP contribution in [0.1, 0.15) is 0 Å². The van der Waals surface area contributed by atoms with Crippen molar-refractivity contribution < 1.29 is 0 Å². The van der Waals surface area contributed by atoms with Crippen LogP contribution < -0.4 is 21.7 Å². The lowest BCUT2D eigenvalue weighted by Crippen LogP contribution is -2.21. The van der Waals surface area contributed by atoms with E-state index in [1.165, 1.54) is 21.7 Å². The first kappa shape index (κ1) is 16.8. The molecular formula is C14H12N4P2S4. The van der Waals surface area contributed by atoms with Crippen molar-refractivity contribution in [1.29, 1.82) is 0 Å². The third-order valence-corrected chi connectivity index (χ3v) is 11.3. The summed E-state index contributed by atoms with van der Waals surface area (Å²) in [6.07, 6.45) is 2.15. The summed E-state index contributed by atoms with van der Waals surface area (Å²) < 4.78 is 0. The number of rotatable bonds is 7. The second-order valence-corrected chi connectivity index (χ2v) is 12.0. The Kier molecular flexibility index (Phi) is 5.73. The highest BCUT2D eigenvalue weighted by atomic mass is 32.1. The molecule has 0 unspecified atom stereocenters. The Hall–Kier alpha value is -0.620. The van der Waals surface area contributed by atoms with E-state index in [9.17, 15) is 0 Å². The van der Waals surface area contributed by atoms with Crippen LogP contribution in [0.4, 0.5) is 0 Å². The Morgan fingerprint density at radius 2 is 0.833 bits per heavy atom. The summed E-state index contributed by atoms with van der Waals surface area (Å²) in [5.41, 5.74) is 12.4. The summed E-state index contributed by atoms with van der Waals surface area (Å²) in [7, 11) is -0.990. The summed E-state index contributed by atoms with van der Waals surface area (Å²) in [4.78, 5) is 18.3. The van der Waals surface area contributed by atoms with Crippen molar-refractivity contribution in [3.63, 3.8) is 0 Å². The molecule has 0 amide bonds. The van der Waals surface area contributed by atoms with Crippen LogP contribution in [-0.2, 0) is 0 Å². The van der Waals surface area contributed by atoms with E-state index in [4.69, 9.17) is 0 Å². The lowest BCUT2D eigenvalue weighted by Gasteiger charge is -2.17. The van der Waals surface area contributed by atoms with Gasteiger partial charge in [0.25, 0.3) is 0 Å². The standard InChI is InChI=1S/C14H12N4P2S4/c1(19(11-3-21-7-15-11)12-4-22-8-16-12)2-20(13-5-23-9-17-13)14-6-24-10-18-14/h3-10H,1-2H2. The molecule has 0 fully saturated rings. The van der Waals surface area contributed by atoms with Gasteiger partial charge in [-0.3, -0.25) is 0 Å². The molecule has 24 heavy (non-hydrogen) atoms. The van der Waals surface area contributed by atoms with Crippen molar-refractivity contribution in [2.24, 2.45) is 0 Å². The second-order valence-electron chi connectivity index (χ2n) is 4.69. The molecule has 0 aliphatic rings. The average molecular weight is 426 g/mol. The molecule has 4 aromatic rings. The highest BCUT2D eigenvalue weighted by molar-refractivity contribution is 7.76. The fourth-order valence-electron chi connectivity index (χ4n) is 2.25. The Bertz CT molecular complexity index is 691. The van der Waals surface area contributed by atoms with E-state index >= 15 is 0 Å².